The van der Waals surface area contributed by atoms with Gasteiger partial charge in [-0.1, -0.05) is 11.2 Å². The minimum atomic E-state index is -0.307. The lowest BCUT2D eigenvalue weighted by molar-refractivity contribution is 0.0895. The first kappa shape index (κ1) is 14.2. The second-order valence-electron chi connectivity index (χ2n) is 6.16. The van der Waals surface area contributed by atoms with Gasteiger partial charge in [0.25, 0.3) is 11.5 Å². The Morgan fingerprint density at radius 1 is 1.39 bits per heavy atom. The molecule has 23 heavy (non-hydrogen) atoms. The van der Waals surface area contributed by atoms with E-state index in [1.165, 1.54) is 12.3 Å². The fraction of sp³-hybridized carbons (Fsp3) is 0.438. The van der Waals surface area contributed by atoms with Gasteiger partial charge < -0.3 is 19.7 Å². The van der Waals surface area contributed by atoms with Crippen molar-refractivity contribution in [3.63, 3.8) is 0 Å². The van der Waals surface area contributed by atoms with Crippen LogP contribution in [0.1, 0.15) is 34.6 Å². The van der Waals surface area contributed by atoms with Crippen molar-refractivity contribution in [1.82, 2.24) is 20.4 Å². The molecule has 4 rings (SSSR count). The Hall–Kier alpha value is -2.41. The van der Waals surface area contributed by atoms with Crippen molar-refractivity contribution in [3.05, 3.63) is 52.3 Å². The van der Waals surface area contributed by atoms with Crippen molar-refractivity contribution in [2.45, 2.75) is 18.4 Å². The van der Waals surface area contributed by atoms with E-state index in [1.807, 2.05) is 16.7 Å². The van der Waals surface area contributed by atoms with E-state index in [-0.39, 0.29) is 23.3 Å². The third-order valence-electron chi connectivity index (χ3n) is 4.83. The van der Waals surface area contributed by atoms with Crippen molar-refractivity contribution in [2.75, 3.05) is 19.6 Å². The summed E-state index contributed by atoms with van der Waals surface area (Å²) in [6.07, 6.45) is 2.48. The van der Waals surface area contributed by atoms with Crippen LogP contribution in [-0.2, 0) is 0 Å². The summed E-state index contributed by atoms with van der Waals surface area (Å²) >= 11 is 0. The largest absolute Gasteiger partial charge is 0.351 e. The summed E-state index contributed by atoms with van der Waals surface area (Å²) in [4.78, 5) is 24.5. The van der Waals surface area contributed by atoms with Crippen molar-refractivity contribution >= 4 is 5.91 Å². The zero-order valence-corrected chi connectivity index (χ0v) is 12.6. The summed E-state index contributed by atoms with van der Waals surface area (Å²) < 4.78 is 6.73. The van der Waals surface area contributed by atoms with E-state index < -0.39 is 0 Å². The lowest BCUT2D eigenvalue weighted by Gasteiger charge is -2.43. The molecule has 1 saturated heterocycles. The molecular formula is C16H18N4O3. The standard InChI is InChI=1S/C16H18N4O3/c21-15-3-1-2-12-10-6-11(8-17-7-10)13(20(12)15)9-18-16(22)14-4-5-19-23-14/h1-5,10-11,13,17H,6-9H2,(H,18,22)/t10-,11+,13+/m1/s1. The molecule has 120 valence electrons. The highest BCUT2D eigenvalue weighted by molar-refractivity contribution is 5.91. The molecular weight excluding hydrogens is 296 g/mol. The molecule has 7 nitrogen and oxygen atoms in total. The van der Waals surface area contributed by atoms with Crippen LogP contribution in [0, 0.1) is 5.92 Å². The zero-order valence-electron chi connectivity index (χ0n) is 12.6. The smallest absolute Gasteiger partial charge is 0.289 e. The predicted molar refractivity (Wildman–Crippen MR) is 82.3 cm³/mol. The van der Waals surface area contributed by atoms with Crippen LogP contribution in [0.25, 0.3) is 0 Å². The van der Waals surface area contributed by atoms with E-state index in [9.17, 15) is 9.59 Å². The number of carbonyl (C=O) groups excluding carboxylic acids is 1. The molecule has 2 N–H and O–H groups in total. The number of pyridine rings is 1. The minimum absolute atomic E-state index is 0.00184. The summed E-state index contributed by atoms with van der Waals surface area (Å²) in [5.74, 6) is 0.570. The van der Waals surface area contributed by atoms with Crippen LogP contribution in [0.3, 0.4) is 0 Å². The number of carbonyl (C=O) groups is 1. The van der Waals surface area contributed by atoms with E-state index in [2.05, 4.69) is 15.8 Å². The van der Waals surface area contributed by atoms with Crippen molar-refractivity contribution < 1.29 is 9.32 Å². The number of aromatic nitrogens is 2. The Bertz CT molecular complexity index is 768. The molecule has 2 aromatic heterocycles. The van der Waals surface area contributed by atoms with Crippen LogP contribution in [0.15, 0.2) is 39.8 Å². The number of hydrogen-bond acceptors (Lipinski definition) is 5. The van der Waals surface area contributed by atoms with Gasteiger partial charge in [0.15, 0.2) is 0 Å². The molecule has 3 atom stereocenters. The average molecular weight is 314 g/mol. The molecule has 1 amide bonds. The normalized spacial score (nSPS) is 25.7. The number of nitrogens with zero attached hydrogens (tertiary/aromatic N) is 2. The van der Waals surface area contributed by atoms with E-state index in [4.69, 9.17) is 4.52 Å². The van der Waals surface area contributed by atoms with Gasteiger partial charge in [0.2, 0.25) is 5.76 Å². The molecule has 2 aliphatic heterocycles. The Morgan fingerprint density at radius 3 is 3.13 bits per heavy atom. The molecule has 0 radical (unpaired) electrons. The number of fused-ring (bicyclic) bond motifs is 4. The number of rotatable bonds is 3. The first-order chi connectivity index (χ1) is 11.2. The van der Waals surface area contributed by atoms with E-state index in [1.54, 1.807) is 6.07 Å². The maximum Gasteiger partial charge on any atom is 0.289 e. The topological polar surface area (TPSA) is 89.2 Å². The third kappa shape index (κ3) is 2.46. The van der Waals surface area contributed by atoms with Gasteiger partial charge in [-0.2, -0.15) is 0 Å². The van der Waals surface area contributed by atoms with Gasteiger partial charge in [0.1, 0.15) is 0 Å². The van der Waals surface area contributed by atoms with Crippen LogP contribution in [0.5, 0.6) is 0 Å². The molecule has 7 heteroatoms. The Kier molecular flexibility index (Phi) is 3.49. The van der Waals surface area contributed by atoms with Gasteiger partial charge in [0.05, 0.1) is 12.2 Å². The summed E-state index contributed by atoms with van der Waals surface area (Å²) in [6.45, 7) is 2.16. The molecule has 0 aromatic carbocycles. The highest BCUT2D eigenvalue weighted by Crippen LogP contribution is 2.38. The number of nitrogens with one attached hydrogen (secondary N) is 2. The average Bonchev–Trinajstić information content (AvgIpc) is 3.10. The first-order valence-electron chi connectivity index (χ1n) is 7.85. The van der Waals surface area contributed by atoms with Gasteiger partial charge in [-0.3, -0.25) is 9.59 Å². The highest BCUT2D eigenvalue weighted by Gasteiger charge is 2.37. The van der Waals surface area contributed by atoms with Gasteiger partial charge in [0, 0.05) is 43.4 Å². The van der Waals surface area contributed by atoms with Crippen LogP contribution in [0.4, 0.5) is 0 Å². The summed E-state index contributed by atoms with van der Waals surface area (Å²) in [7, 11) is 0. The van der Waals surface area contributed by atoms with E-state index in [0.29, 0.717) is 18.4 Å². The lowest BCUT2D eigenvalue weighted by Crippen LogP contribution is -2.50. The molecule has 0 unspecified atom stereocenters. The molecule has 2 bridgehead atoms. The Balaban J connectivity index is 1.61. The van der Waals surface area contributed by atoms with Crippen molar-refractivity contribution in [2.24, 2.45) is 5.92 Å². The quantitative estimate of drug-likeness (QED) is 0.862. The fourth-order valence-corrected chi connectivity index (χ4v) is 3.78. The van der Waals surface area contributed by atoms with Gasteiger partial charge >= 0.3 is 0 Å². The maximum atomic E-state index is 12.4. The van der Waals surface area contributed by atoms with Gasteiger partial charge in [-0.25, -0.2) is 0 Å². The summed E-state index contributed by atoms with van der Waals surface area (Å²) in [5, 5.41) is 9.84. The molecule has 4 heterocycles. The molecule has 0 saturated carbocycles. The van der Waals surface area contributed by atoms with Crippen LogP contribution in [0.2, 0.25) is 0 Å². The lowest BCUT2D eigenvalue weighted by atomic mass is 9.79. The van der Waals surface area contributed by atoms with E-state index in [0.717, 1.165) is 25.2 Å². The van der Waals surface area contributed by atoms with E-state index >= 15 is 0 Å². The monoisotopic (exact) mass is 314 g/mol. The molecule has 2 aliphatic rings. The van der Waals surface area contributed by atoms with Gasteiger partial charge in [-0.15, -0.1) is 0 Å². The molecule has 1 fully saturated rings. The van der Waals surface area contributed by atoms with Crippen molar-refractivity contribution in [3.8, 4) is 0 Å². The highest BCUT2D eigenvalue weighted by atomic mass is 16.5. The SMILES string of the molecule is O=C(NC[C@H]1[C@@H]2CNC[C@@H](C2)c2cccc(=O)n21)c1ccno1. The molecule has 0 spiro atoms. The summed E-state index contributed by atoms with van der Waals surface area (Å²) in [5.41, 5.74) is 1.05. The Morgan fingerprint density at radius 2 is 2.30 bits per heavy atom. The summed E-state index contributed by atoms with van der Waals surface area (Å²) in [6, 6.07) is 6.89. The van der Waals surface area contributed by atoms with Crippen LogP contribution < -0.4 is 16.2 Å². The van der Waals surface area contributed by atoms with Crippen LogP contribution in [-0.4, -0.2) is 35.3 Å². The minimum Gasteiger partial charge on any atom is -0.351 e. The number of hydrogen-bond donors (Lipinski definition) is 2. The second kappa shape index (κ2) is 5.66. The first-order valence-corrected chi connectivity index (χ1v) is 7.85. The number of piperidine rings is 1. The zero-order chi connectivity index (χ0) is 15.8. The number of amides is 1. The Labute approximate surface area is 132 Å². The second-order valence-corrected chi connectivity index (χ2v) is 6.16. The van der Waals surface area contributed by atoms with Crippen molar-refractivity contribution in [1.29, 1.82) is 0 Å². The fourth-order valence-electron chi connectivity index (χ4n) is 3.78. The van der Waals surface area contributed by atoms with Crippen LogP contribution >= 0.6 is 0 Å². The maximum absolute atomic E-state index is 12.4. The predicted octanol–water partition coefficient (Wildman–Crippen LogP) is 0.514. The van der Waals surface area contributed by atoms with Gasteiger partial charge in [-0.05, 0) is 18.4 Å². The molecule has 2 aromatic rings. The third-order valence-corrected chi connectivity index (χ3v) is 4.83. The molecule has 0 aliphatic carbocycles.